The lowest BCUT2D eigenvalue weighted by Gasteiger charge is -2.33. The van der Waals surface area contributed by atoms with E-state index in [0.29, 0.717) is 11.3 Å². The molecule has 0 radical (unpaired) electrons. The van der Waals surface area contributed by atoms with Crippen LogP contribution in [0, 0.1) is 5.92 Å². The molecule has 1 rings (SSSR count). The van der Waals surface area contributed by atoms with Crippen LogP contribution in [-0.4, -0.2) is 32.9 Å². The van der Waals surface area contributed by atoms with Gasteiger partial charge in [-0.1, -0.05) is 19.9 Å². The number of hydrogen-bond acceptors (Lipinski definition) is 4. The molecule has 90 valence electrons. The number of ether oxygens (including phenoxy) is 3. The Hall–Kier alpha value is -1.13. The molecular weight excluding hydrogens is 208 g/mol. The van der Waals surface area contributed by atoms with E-state index in [4.69, 9.17) is 14.2 Å². The molecule has 0 N–H and O–H groups in total. The highest BCUT2D eigenvalue weighted by molar-refractivity contribution is 6.04. The predicted octanol–water partition coefficient (Wildman–Crippen LogP) is 1.67. The molecule has 0 bridgehead atoms. The molecule has 0 unspecified atom stereocenters. The van der Waals surface area contributed by atoms with Crippen molar-refractivity contribution < 1.29 is 19.0 Å². The fourth-order valence-corrected chi connectivity index (χ4v) is 1.78. The minimum Gasteiger partial charge on any atom is -0.495 e. The van der Waals surface area contributed by atoms with Gasteiger partial charge in [-0.3, -0.25) is 4.79 Å². The van der Waals surface area contributed by atoms with E-state index in [0.717, 1.165) is 0 Å². The van der Waals surface area contributed by atoms with Crippen LogP contribution in [0.5, 0.6) is 0 Å². The topological polar surface area (TPSA) is 44.8 Å². The summed E-state index contributed by atoms with van der Waals surface area (Å²) in [6, 6.07) is 0. The summed E-state index contributed by atoms with van der Waals surface area (Å²) in [5, 5.41) is 0. The van der Waals surface area contributed by atoms with E-state index in [9.17, 15) is 4.79 Å². The molecular formula is C12H18O4. The van der Waals surface area contributed by atoms with Gasteiger partial charge in [0.25, 0.3) is 5.79 Å². The first-order valence-corrected chi connectivity index (χ1v) is 5.15. The maximum Gasteiger partial charge on any atom is 0.293 e. The zero-order valence-electron chi connectivity index (χ0n) is 10.4. The van der Waals surface area contributed by atoms with Crippen LogP contribution < -0.4 is 0 Å². The Morgan fingerprint density at radius 2 is 1.69 bits per heavy atom. The SMILES string of the molecule is COC1=CC=C(C(C)C)C(=O)C1(OC)OC. The first-order chi connectivity index (χ1) is 7.53. The maximum atomic E-state index is 12.3. The van der Waals surface area contributed by atoms with E-state index in [2.05, 4.69) is 0 Å². The van der Waals surface area contributed by atoms with Crippen molar-refractivity contribution >= 4 is 5.78 Å². The van der Waals surface area contributed by atoms with Gasteiger partial charge in [-0.25, -0.2) is 0 Å². The molecule has 0 aromatic rings. The number of carbonyl (C=O) groups excluding carboxylic acids is 1. The fourth-order valence-electron chi connectivity index (χ4n) is 1.78. The predicted molar refractivity (Wildman–Crippen MR) is 59.8 cm³/mol. The van der Waals surface area contributed by atoms with Crippen molar-refractivity contribution in [2.24, 2.45) is 5.92 Å². The summed E-state index contributed by atoms with van der Waals surface area (Å²) in [5.41, 5.74) is 0.671. The first-order valence-electron chi connectivity index (χ1n) is 5.15. The summed E-state index contributed by atoms with van der Waals surface area (Å²) in [4.78, 5) is 12.3. The van der Waals surface area contributed by atoms with Crippen LogP contribution in [0.15, 0.2) is 23.5 Å². The molecule has 4 heteroatoms. The van der Waals surface area contributed by atoms with Crippen molar-refractivity contribution in [2.75, 3.05) is 21.3 Å². The van der Waals surface area contributed by atoms with Gasteiger partial charge in [0.15, 0.2) is 5.76 Å². The Kier molecular flexibility index (Phi) is 3.88. The number of Topliss-reactive ketones (excluding diaryl/α,β-unsaturated/α-hetero) is 1. The van der Waals surface area contributed by atoms with E-state index in [1.807, 2.05) is 13.8 Å². The monoisotopic (exact) mass is 226 g/mol. The molecule has 0 heterocycles. The van der Waals surface area contributed by atoms with Gasteiger partial charge in [0.2, 0.25) is 5.78 Å². The van der Waals surface area contributed by atoms with E-state index < -0.39 is 5.79 Å². The molecule has 0 aliphatic heterocycles. The van der Waals surface area contributed by atoms with Gasteiger partial charge in [-0.2, -0.15) is 0 Å². The van der Waals surface area contributed by atoms with Crippen LogP contribution in [0.2, 0.25) is 0 Å². The minimum absolute atomic E-state index is 0.117. The molecule has 0 amide bonds. The highest BCUT2D eigenvalue weighted by Crippen LogP contribution is 2.33. The van der Waals surface area contributed by atoms with Gasteiger partial charge >= 0.3 is 0 Å². The molecule has 0 aromatic carbocycles. The summed E-state index contributed by atoms with van der Waals surface area (Å²) >= 11 is 0. The van der Waals surface area contributed by atoms with E-state index >= 15 is 0 Å². The first kappa shape index (κ1) is 12.9. The highest BCUT2D eigenvalue weighted by Gasteiger charge is 2.47. The maximum absolute atomic E-state index is 12.3. The molecule has 0 atom stereocenters. The van der Waals surface area contributed by atoms with Crippen LogP contribution in [0.25, 0.3) is 0 Å². The summed E-state index contributed by atoms with van der Waals surface area (Å²) in [6.45, 7) is 3.90. The molecule has 0 saturated heterocycles. The molecule has 1 aliphatic rings. The normalized spacial score (nSPS) is 19.5. The lowest BCUT2D eigenvalue weighted by Crippen LogP contribution is -2.48. The van der Waals surface area contributed by atoms with Gasteiger partial charge in [0.1, 0.15) is 0 Å². The number of ketones is 1. The average molecular weight is 226 g/mol. The summed E-state index contributed by atoms with van der Waals surface area (Å²) < 4.78 is 15.6. The van der Waals surface area contributed by atoms with Crippen molar-refractivity contribution in [3.63, 3.8) is 0 Å². The number of allylic oxidation sites excluding steroid dienone is 2. The number of methoxy groups -OCH3 is 3. The van der Waals surface area contributed by atoms with Gasteiger partial charge < -0.3 is 14.2 Å². The Morgan fingerprint density at radius 1 is 1.12 bits per heavy atom. The van der Waals surface area contributed by atoms with E-state index in [1.54, 1.807) is 12.2 Å². The van der Waals surface area contributed by atoms with Gasteiger partial charge in [0.05, 0.1) is 7.11 Å². The van der Waals surface area contributed by atoms with Gasteiger partial charge in [0, 0.05) is 19.8 Å². The van der Waals surface area contributed by atoms with E-state index in [1.165, 1.54) is 21.3 Å². The highest BCUT2D eigenvalue weighted by atomic mass is 16.7. The van der Waals surface area contributed by atoms with Gasteiger partial charge in [-0.05, 0) is 12.0 Å². The second kappa shape index (κ2) is 4.80. The van der Waals surface area contributed by atoms with Crippen LogP contribution in [-0.2, 0) is 19.0 Å². The quantitative estimate of drug-likeness (QED) is 0.684. The second-order valence-electron chi connectivity index (χ2n) is 3.87. The number of rotatable bonds is 4. The summed E-state index contributed by atoms with van der Waals surface area (Å²) in [7, 11) is 4.34. The minimum atomic E-state index is -1.43. The summed E-state index contributed by atoms with van der Waals surface area (Å²) in [5.74, 6) is -1.14. The van der Waals surface area contributed by atoms with Crippen molar-refractivity contribution in [1.82, 2.24) is 0 Å². The molecule has 0 saturated carbocycles. The third kappa shape index (κ3) is 1.79. The lowest BCUT2D eigenvalue weighted by atomic mass is 9.88. The number of hydrogen-bond donors (Lipinski definition) is 0. The number of carbonyl (C=O) groups is 1. The molecule has 16 heavy (non-hydrogen) atoms. The van der Waals surface area contributed by atoms with E-state index in [-0.39, 0.29) is 11.7 Å². The third-order valence-corrected chi connectivity index (χ3v) is 2.72. The van der Waals surface area contributed by atoms with Crippen LogP contribution in [0.3, 0.4) is 0 Å². The lowest BCUT2D eigenvalue weighted by molar-refractivity contribution is -0.200. The Bertz CT molecular complexity index is 335. The molecule has 0 spiro atoms. The Labute approximate surface area is 95.9 Å². The van der Waals surface area contributed by atoms with Crippen molar-refractivity contribution in [3.05, 3.63) is 23.5 Å². The Morgan fingerprint density at radius 3 is 2.06 bits per heavy atom. The second-order valence-corrected chi connectivity index (χ2v) is 3.87. The van der Waals surface area contributed by atoms with Crippen molar-refractivity contribution in [2.45, 2.75) is 19.6 Å². The average Bonchev–Trinajstić information content (AvgIpc) is 2.28. The Balaban J connectivity index is 3.25. The van der Waals surface area contributed by atoms with Crippen molar-refractivity contribution in [1.29, 1.82) is 0 Å². The molecule has 1 aliphatic carbocycles. The fraction of sp³-hybridized carbons (Fsp3) is 0.583. The molecule has 0 fully saturated rings. The largest absolute Gasteiger partial charge is 0.495 e. The van der Waals surface area contributed by atoms with Crippen LogP contribution >= 0.6 is 0 Å². The zero-order valence-corrected chi connectivity index (χ0v) is 10.4. The summed E-state index contributed by atoms with van der Waals surface area (Å²) in [6.07, 6.45) is 3.46. The third-order valence-electron chi connectivity index (χ3n) is 2.72. The van der Waals surface area contributed by atoms with Crippen LogP contribution in [0.4, 0.5) is 0 Å². The molecule has 4 nitrogen and oxygen atoms in total. The standard InChI is InChI=1S/C12H18O4/c1-8(2)9-6-7-10(14-3)12(15-4,16-5)11(9)13/h6-8H,1-5H3. The van der Waals surface area contributed by atoms with Crippen LogP contribution in [0.1, 0.15) is 13.8 Å². The van der Waals surface area contributed by atoms with Crippen molar-refractivity contribution in [3.8, 4) is 0 Å². The zero-order chi connectivity index (χ0) is 12.3. The van der Waals surface area contributed by atoms with Gasteiger partial charge in [-0.15, -0.1) is 0 Å². The smallest absolute Gasteiger partial charge is 0.293 e. The molecule has 0 aromatic heterocycles.